The summed E-state index contributed by atoms with van der Waals surface area (Å²) >= 11 is 5.99. The predicted octanol–water partition coefficient (Wildman–Crippen LogP) is 4.44. The molecule has 0 bridgehead atoms. The number of ether oxygens (including phenoxy) is 2. The van der Waals surface area contributed by atoms with Crippen LogP contribution in [0.4, 0.5) is 5.69 Å². The van der Waals surface area contributed by atoms with E-state index >= 15 is 0 Å². The van der Waals surface area contributed by atoms with E-state index in [0.29, 0.717) is 11.6 Å². The van der Waals surface area contributed by atoms with Crippen LogP contribution in [-0.4, -0.2) is 38.1 Å². The zero-order valence-electron chi connectivity index (χ0n) is 15.9. The molecule has 144 valence electrons. The van der Waals surface area contributed by atoms with Crippen LogP contribution in [0.1, 0.15) is 30.0 Å². The lowest BCUT2D eigenvalue weighted by Crippen LogP contribution is -2.33. The minimum absolute atomic E-state index is 0.0332. The number of methoxy groups -OCH3 is 2. The third-order valence-corrected chi connectivity index (χ3v) is 5.20. The van der Waals surface area contributed by atoms with Gasteiger partial charge < -0.3 is 14.8 Å². The Hall–Kier alpha value is -2.24. The molecule has 5 nitrogen and oxygen atoms in total. The molecule has 1 heterocycles. The highest BCUT2D eigenvalue weighted by molar-refractivity contribution is 6.30. The van der Waals surface area contributed by atoms with Crippen molar-refractivity contribution in [2.45, 2.75) is 25.8 Å². The average molecular weight is 389 g/mol. The summed E-state index contributed by atoms with van der Waals surface area (Å²) in [7, 11) is 3.32. The van der Waals surface area contributed by atoms with E-state index in [0.717, 1.165) is 47.7 Å². The maximum absolute atomic E-state index is 12.6. The molecule has 0 spiro atoms. The number of hydrogen-bond acceptors (Lipinski definition) is 4. The second-order valence-electron chi connectivity index (χ2n) is 6.74. The van der Waals surface area contributed by atoms with E-state index in [-0.39, 0.29) is 11.9 Å². The molecule has 0 saturated carbocycles. The van der Waals surface area contributed by atoms with Crippen LogP contribution in [0.3, 0.4) is 0 Å². The van der Waals surface area contributed by atoms with E-state index in [1.807, 2.05) is 37.3 Å². The van der Waals surface area contributed by atoms with Gasteiger partial charge in [-0.1, -0.05) is 11.6 Å². The Labute approximate surface area is 165 Å². The molecule has 2 aromatic rings. The molecular weight excluding hydrogens is 364 g/mol. The van der Waals surface area contributed by atoms with Gasteiger partial charge in [0.25, 0.3) is 0 Å². The van der Waals surface area contributed by atoms with Crippen molar-refractivity contribution in [3.05, 3.63) is 52.5 Å². The summed E-state index contributed by atoms with van der Waals surface area (Å²) in [6.45, 7) is 3.13. The van der Waals surface area contributed by atoms with Gasteiger partial charge in [0.1, 0.15) is 11.5 Å². The van der Waals surface area contributed by atoms with Gasteiger partial charge in [0, 0.05) is 22.3 Å². The van der Waals surface area contributed by atoms with Crippen LogP contribution in [0.25, 0.3) is 0 Å². The highest BCUT2D eigenvalue weighted by Crippen LogP contribution is 2.38. The van der Waals surface area contributed by atoms with Crippen molar-refractivity contribution in [3.63, 3.8) is 0 Å². The predicted molar refractivity (Wildman–Crippen MR) is 108 cm³/mol. The summed E-state index contributed by atoms with van der Waals surface area (Å²) in [5, 5.41) is 3.65. The summed E-state index contributed by atoms with van der Waals surface area (Å²) in [6.07, 6.45) is 2.02. The molecular formula is C21H25ClN2O3. The molecule has 1 fully saturated rings. The highest BCUT2D eigenvalue weighted by atomic mass is 35.5. The Balaban J connectivity index is 1.74. The maximum atomic E-state index is 12.6. The van der Waals surface area contributed by atoms with Crippen LogP contribution in [-0.2, 0) is 4.79 Å². The molecule has 27 heavy (non-hydrogen) atoms. The fourth-order valence-corrected chi connectivity index (χ4v) is 3.84. The molecule has 0 aliphatic carbocycles. The molecule has 6 heteroatoms. The fraction of sp³-hybridized carbons (Fsp3) is 0.381. The van der Waals surface area contributed by atoms with Crippen LogP contribution < -0.4 is 14.8 Å². The topological polar surface area (TPSA) is 50.8 Å². The van der Waals surface area contributed by atoms with Crippen molar-refractivity contribution in [2.75, 3.05) is 32.6 Å². The van der Waals surface area contributed by atoms with Crippen LogP contribution in [0.5, 0.6) is 11.5 Å². The number of carbonyl (C=O) groups is 1. The molecule has 1 amide bonds. The lowest BCUT2D eigenvalue weighted by molar-refractivity contribution is -0.117. The van der Waals surface area contributed by atoms with Gasteiger partial charge in [-0.3, -0.25) is 9.69 Å². The van der Waals surface area contributed by atoms with Crippen molar-refractivity contribution < 1.29 is 14.3 Å². The number of aryl methyl sites for hydroxylation is 1. The lowest BCUT2D eigenvalue weighted by Gasteiger charge is -2.26. The Morgan fingerprint density at radius 2 is 2.04 bits per heavy atom. The van der Waals surface area contributed by atoms with Gasteiger partial charge in [-0.2, -0.15) is 0 Å². The van der Waals surface area contributed by atoms with Crippen molar-refractivity contribution >= 4 is 23.2 Å². The number of likely N-dealkylation sites (tertiary alicyclic amines) is 1. The molecule has 3 rings (SSSR count). The molecule has 1 saturated heterocycles. The summed E-state index contributed by atoms with van der Waals surface area (Å²) in [5.41, 5.74) is 2.80. The van der Waals surface area contributed by atoms with Crippen molar-refractivity contribution in [2.24, 2.45) is 0 Å². The van der Waals surface area contributed by atoms with Gasteiger partial charge in [-0.25, -0.2) is 0 Å². The van der Waals surface area contributed by atoms with Gasteiger partial charge >= 0.3 is 0 Å². The van der Waals surface area contributed by atoms with Crippen LogP contribution in [0, 0.1) is 6.92 Å². The largest absolute Gasteiger partial charge is 0.497 e. The van der Waals surface area contributed by atoms with E-state index in [1.165, 1.54) is 0 Å². The number of carbonyl (C=O) groups excluding carboxylic acids is 1. The smallest absolute Gasteiger partial charge is 0.238 e. The summed E-state index contributed by atoms with van der Waals surface area (Å²) in [5.74, 6) is 1.58. The van der Waals surface area contributed by atoms with E-state index in [9.17, 15) is 4.79 Å². The number of benzene rings is 2. The van der Waals surface area contributed by atoms with Crippen molar-refractivity contribution in [3.8, 4) is 11.5 Å². The number of amides is 1. The quantitative estimate of drug-likeness (QED) is 0.794. The first-order chi connectivity index (χ1) is 13.0. The third-order valence-electron chi connectivity index (χ3n) is 4.97. The number of nitrogens with one attached hydrogen (secondary N) is 1. The van der Waals surface area contributed by atoms with Gasteiger partial charge in [-0.05, 0) is 68.3 Å². The summed E-state index contributed by atoms with van der Waals surface area (Å²) < 4.78 is 10.9. The monoisotopic (exact) mass is 388 g/mol. The maximum Gasteiger partial charge on any atom is 0.238 e. The highest BCUT2D eigenvalue weighted by Gasteiger charge is 2.30. The Bertz CT molecular complexity index is 825. The van der Waals surface area contributed by atoms with Gasteiger partial charge in [0.05, 0.1) is 20.8 Å². The van der Waals surface area contributed by atoms with E-state index < -0.39 is 0 Å². The minimum Gasteiger partial charge on any atom is -0.497 e. The molecule has 0 radical (unpaired) electrons. The molecule has 1 atom stereocenters. The zero-order chi connectivity index (χ0) is 19.4. The third kappa shape index (κ3) is 4.54. The van der Waals surface area contributed by atoms with Crippen LogP contribution in [0.2, 0.25) is 5.02 Å². The minimum atomic E-state index is -0.0332. The van der Waals surface area contributed by atoms with Gasteiger partial charge in [0.15, 0.2) is 0 Å². The molecule has 0 aromatic heterocycles. The number of nitrogens with zero attached hydrogens (tertiary/aromatic N) is 1. The van der Waals surface area contributed by atoms with Gasteiger partial charge in [0.2, 0.25) is 5.91 Å². The number of rotatable bonds is 6. The first-order valence-corrected chi connectivity index (χ1v) is 9.41. The van der Waals surface area contributed by atoms with E-state index in [1.54, 1.807) is 20.3 Å². The first-order valence-electron chi connectivity index (χ1n) is 9.04. The molecule has 0 unspecified atom stereocenters. The first kappa shape index (κ1) is 19.5. The summed E-state index contributed by atoms with van der Waals surface area (Å²) in [6, 6.07) is 11.4. The molecule has 1 aliphatic heterocycles. The van der Waals surface area contributed by atoms with Crippen molar-refractivity contribution in [1.29, 1.82) is 0 Å². The second-order valence-corrected chi connectivity index (χ2v) is 7.18. The average Bonchev–Trinajstić information content (AvgIpc) is 3.11. The SMILES string of the molecule is COc1ccc(OC)c([C@H]2CCCN2CC(=O)Nc2ccc(Cl)cc2C)c1. The van der Waals surface area contributed by atoms with Crippen molar-refractivity contribution in [1.82, 2.24) is 4.90 Å². The van der Waals surface area contributed by atoms with Gasteiger partial charge in [-0.15, -0.1) is 0 Å². The normalized spacial score (nSPS) is 17.0. The second kappa shape index (κ2) is 8.63. The summed E-state index contributed by atoms with van der Waals surface area (Å²) in [4.78, 5) is 14.8. The Morgan fingerprint density at radius 3 is 2.74 bits per heavy atom. The van der Waals surface area contributed by atoms with E-state index in [4.69, 9.17) is 21.1 Å². The number of hydrogen-bond donors (Lipinski definition) is 1. The number of halogens is 1. The lowest BCUT2D eigenvalue weighted by atomic mass is 10.0. The number of anilines is 1. The van der Waals surface area contributed by atoms with Crippen LogP contribution in [0.15, 0.2) is 36.4 Å². The van der Waals surface area contributed by atoms with Crippen LogP contribution >= 0.6 is 11.6 Å². The Morgan fingerprint density at radius 1 is 1.22 bits per heavy atom. The standard InChI is InChI=1S/C21H25ClN2O3/c1-14-11-15(22)6-8-18(14)23-21(25)13-24-10-4-5-19(24)17-12-16(26-2)7-9-20(17)27-3/h6-9,11-12,19H,4-5,10,13H2,1-3H3,(H,23,25)/t19-/m1/s1. The van der Waals surface area contributed by atoms with E-state index in [2.05, 4.69) is 10.2 Å². The molecule has 1 aliphatic rings. The Kier molecular flexibility index (Phi) is 6.24. The molecule has 1 N–H and O–H groups in total. The zero-order valence-corrected chi connectivity index (χ0v) is 16.7. The molecule has 2 aromatic carbocycles. The fourth-order valence-electron chi connectivity index (χ4n) is 3.61.